The van der Waals surface area contributed by atoms with Crippen molar-refractivity contribution >= 4 is 5.95 Å². The van der Waals surface area contributed by atoms with E-state index in [9.17, 15) is 0 Å². The number of hydrazine groups is 1. The molecule has 0 unspecified atom stereocenters. The maximum absolute atomic E-state index is 5.32. The standard InChI is InChI=1S/C13H16N4O2/c1-8-6-11(18-2)12(19-3)7-9(8)10-4-5-15-13(16-10)17-14/h4-7H,14H2,1-3H3,(H,15,16,17). The molecule has 0 aliphatic carbocycles. The van der Waals surface area contributed by atoms with Crippen LogP contribution in [0.3, 0.4) is 0 Å². The highest BCUT2D eigenvalue weighted by Crippen LogP contribution is 2.34. The number of aromatic nitrogens is 2. The van der Waals surface area contributed by atoms with Gasteiger partial charge in [0.05, 0.1) is 19.9 Å². The van der Waals surface area contributed by atoms with Crippen LogP contribution in [0.5, 0.6) is 11.5 Å². The molecule has 100 valence electrons. The molecule has 0 saturated heterocycles. The zero-order valence-electron chi connectivity index (χ0n) is 11.1. The molecule has 6 heteroatoms. The first-order valence-corrected chi connectivity index (χ1v) is 5.72. The van der Waals surface area contributed by atoms with Crippen LogP contribution in [0.25, 0.3) is 11.3 Å². The van der Waals surface area contributed by atoms with Crippen LogP contribution in [0.15, 0.2) is 24.4 Å². The number of hydrogen-bond donors (Lipinski definition) is 2. The molecule has 0 amide bonds. The van der Waals surface area contributed by atoms with Gasteiger partial charge in [-0.05, 0) is 30.7 Å². The van der Waals surface area contributed by atoms with E-state index in [-0.39, 0.29) is 0 Å². The number of nitrogens with two attached hydrogens (primary N) is 1. The third-order valence-electron chi connectivity index (χ3n) is 2.79. The summed E-state index contributed by atoms with van der Waals surface area (Å²) in [4.78, 5) is 8.30. The van der Waals surface area contributed by atoms with Crippen molar-refractivity contribution in [2.45, 2.75) is 6.92 Å². The van der Waals surface area contributed by atoms with Crippen LogP contribution in [0.4, 0.5) is 5.95 Å². The van der Waals surface area contributed by atoms with E-state index < -0.39 is 0 Å². The molecule has 0 aliphatic rings. The molecule has 0 fully saturated rings. The van der Waals surface area contributed by atoms with E-state index in [0.717, 1.165) is 16.8 Å². The van der Waals surface area contributed by atoms with E-state index in [1.165, 1.54) is 0 Å². The van der Waals surface area contributed by atoms with Crippen molar-refractivity contribution in [2.24, 2.45) is 5.84 Å². The van der Waals surface area contributed by atoms with Crippen LogP contribution in [-0.2, 0) is 0 Å². The normalized spacial score (nSPS) is 10.1. The predicted molar refractivity (Wildman–Crippen MR) is 73.1 cm³/mol. The van der Waals surface area contributed by atoms with Crippen LogP contribution in [0.2, 0.25) is 0 Å². The fraction of sp³-hybridized carbons (Fsp3) is 0.231. The summed E-state index contributed by atoms with van der Waals surface area (Å²) in [6, 6.07) is 5.61. The Hall–Kier alpha value is -2.34. The first-order chi connectivity index (χ1) is 9.19. The van der Waals surface area contributed by atoms with E-state index in [1.807, 2.05) is 25.1 Å². The molecule has 2 aromatic rings. The lowest BCUT2D eigenvalue weighted by molar-refractivity contribution is 0.355. The fourth-order valence-corrected chi connectivity index (χ4v) is 1.83. The SMILES string of the molecule is COc1cc(C)c(-c2ccnc(NN)n2)cc1OC. The Bertz CT molecular complexity index is 587. The minimum absolute atomic E-state index is 0.367. The van der Waals surface area contributed by atoms with E-state index in [2.05, 4.69) is 15.4 Å². The van der Waals surface area contributed by atoms with Gasteiger partial charge in [0.2, 0.25) is 5.95 Å². The highest BCUT2D eigenvalue weighted by molar-refractivity contribution is 5.68. The second kappa shape index (κ2) is 5.53. The van der Waals surface area contributed by atoms with Gasteiger partial charge in [0.15, 0.2) is 11.5 Å². The highest BCUT2D eigenvalue weighted by atomic mass is 16.5. The highest BCUT2D eigenvalue weighted by Gasteiger charge is 2.11. The predicted octanol–water partition coefficient (Wildman–Crippen LogP) is 1.75. The first-order valence-electron chi connectivity index (χ1n) is 5.72. The van der Waals surface area contributed by atoms with E-state index in [0.29, 0.717) is 17.4 Å². The molecule has 19 heavy (non-hydrogen) atoms. The summed E-state index contributed by atoms with van der Waals surface area (Å²) >= 11 is 0. The quantitative estimate of drug-likeness (QED) is 0.644. The van der Waals surface area contributed by atoms with Gasteiger partial charge in [0, 0.05) is 11.8 Å². The summed E-state index contributed by atoms with van der Waals surface area (Å²) in [6.45, 7) is 1.98. The molecular weight excluding hydrogens is 244 g/mol. The van der Waals surface area contributed by atoms with Crippen LogP contribution < -0.4 is 20.7 Å². The van der Waals surface area contributed by atoms with Crippen molar-refractivity contribution in [3.8, 4) is 22.8 Å². The number of nitrogens with zero attached hydrogens (tertiary/aromatic N) is 2. The molecule has 6 nitrogen and oxygen atoms in total. The van der Waals surface area contributed by atoms with Gasteiger partial charge >= 0.3 is 0 Å². The molecule has 3 N–H and O–H groups in total. The topological polar surface area (TPSA) is 82.3 Å². The molecule has 0 spiro atoms. The van der Waals surface area contributed by atoms with Gasteiger partial charge < -0.3 is 9.47 Å². The maximum Gasteiger partial charge on any atom is 0.237 e. The lowest BCUT2D eigenvalue weighted by Gasteiger charge is -2.12. The molecular formula is C13H16N4O2. The van der Waals surface area contributed by atoms with E-state index in [1.54, 1.807) is 20.4 Å². The molecule has 0 aliphatic heterocycles. The van der Waals surface area contributed by atoms with Gasteiger partial charge in [-0.3, -0.25) is 5.43 Å². The zero-order chi connectivity index (χ0) is 13.8. The minimum atomic E-state index is 0.367. The van der Waals surface area contributed by atoms with Gasteiger partial charge in [-0.2, -0.15) is 0 Å². The molecule has 1 aromatic heterocycles. The Morgan fingerprint density at radius 3 is 2.47 bits per heavy atom. The summed E-state index contributed by atoms with van der Waals surface area (Å²) in [5.74, 6) is 7.03. The first kappa shape index (κ1) is 13.1. The number of nitrogens with one attached hydrogen (secondary N) is 1. The van der Waals surface area contributed by atoms with Crippen molar-refractivity contribution in [1.29, 1.82) is 0 Å². The number of hydrogen-bond acceptors (Lipinski definition) is 6. The number of aryl methyl sites for hydroxylation is 1. The Morgan fingerprint density at radius 1 is 1.16 bits per heavy atom. The molecule has 2 rings (SSSR count). The summed E-state index contributed by atoms with van der Waals surface area (Å²) in [5, 5.41) is 0. The molecule has 1 heterocycles. The Kier molecular flexibility index (Phi) is 3.82. The molecule has 1 aromatic carbocycles. The molecule has 0 saturated carbocycles. The summed E-state index contributed by atoms with van der Waals surface area (Å²) < 4.78 is 10.6. The average molecular weight is 260 g/mol. The van der Waals surface area contributed by atoms with Gasteiger partial charge in [-0.1, -0.05) is 0 Å². The van der Waals surface area contributed by atoms with Crippen molar-refractivity contribution in [3.05, 3.63) is 30.0 Å². The average Bonchev–Trinajstić information content (AvgIpc) is 2.46. The van der Waals surface area contributed by atoms with Crippen LogP contribution >= 0.6 is 0 Å². The lowest BCUT2D eigenvalue weighted by Crippen LogP contribution is -2.10. The second-order valence-corrected chi connectivity index (χ2v) is 3.93. The van der Waals surface area contributed by atoms with Gasteiger partial charge in [0.1, 0.15) is 0 Å². The van der Waals surface area contributed by atoms with Gasteiger partial charge in [0.25, 0.3) is 0 Å². The van der Waals surface area contributed by atoms with E-state index in [4.69, 9.17) is 15.3 Å². The summed E-state index contributed by atoms with van der Waals surface area (Å²) in [5.41, 5.74) is 5.16. The number of nitrogen functional groups attached to an aromatic ring is 1. The van der Waals surface area contributed by atoms with Crippen molar-refractivity contribution in [1.82, 2.24) is 9.97 Å². The molecule has 0 radical (unpaired) electrons. The second-order valence-electron chi connectivity index (χ2n) is 3.93. The number of methoxy groups -OCH3 is 2. The third kappa shape index (κ3) is 2.58. The number of anilines is 1. The van der Waals surface area contributed by atoms with Gasteiger partial charge in [-0.25, -0.2) is 15.8 Å². The Balaban J connectivity index is 2.55. The minimum Gasteiger partial charge on any atom is -0.493 e. The Morgan fingerprint density at radius 2 is 1.84 bits per heavy atom. The summed E-state index contributed by atoms with van der Waals surface area (Å²) in [6.07, 6.45) is 1.65. The van der Waals surface area contributed by atoms with Crippen molar-refractivity contribution < 1.29 is 9.47 Å². The molecule has 0 bridgehead atoms. The fourth-order valence-electron chi connectivity index (χ4n) is 1.83. The number of rotatable bonds is 4. The van der Waals surface area contributed by atoms with Crippen LogP contribution in [-0.4, -0.2) is 24.2 Å². The van der Waals surface area contributed by atoms with Gasteiger partial charge in [-0.15, -0.1) is 0 Å². The monoisotopic (exact) mass is 260 g/mol. The lowest BCUT2D eigenvalue weighted by atomic mass is 10.0. The summed E-state index contributed by atoms with van der Waals surface area (Å²) in [7, 11) is 3.21. The zero-order valence-corrected chi connectivity index (χ0v) is 11.1. The Labute approximate surface area is 111 Å². The maximum atomic E-state index is 5.32. The van der Waals surface area contributed by atoms with Crippen LogP contribution in [0, 0.1) is 6.92 Å². The van der Waals surface area contributed by atoms with E-state index >= 15 is 0 Å². The third-order valence-corrected chi connectivity index (χ3v) is 2.79. The van der Waals surface area contributed by atoms with Crippen molar-refractivity contribution in [3.63, 3.8) is 0 Å². The largest absolute Gasteiger partial charge is 0.493 e. The molecule has 0 atom stereocenters. The van der Waals surface area contributed by atoms with Crippen LogP contribution in [0.1, 0.15) is 5.56 Å². The number of ether oxygens (including phenoxy) is 2. The number of benzene rings is 1. The van der Waals surface area contributed by atoms with Crippen molar-refractivity contribution in [2.75, 3.05) is 19.6 Å². The smallest absolute Gasteiger partial charge is 0.237 e.